The highest BCUT2D eigenvalue weighted by Crippen LogP contribution is 2.31. The summed E-state index contributed by atoms with van der Waals surface area (Å²) in [7, 11) is 0. The minimum Gasteiger partial charge on any atom is -0.350 e. The molecular formula is C15H19ClN4O. The Labute approximate surface area is 129 Å². The SMILES string of the molecule is Cl.NC(CNC(=O)c1cnn(-c2ccccc2)c1)C1CC1. The zero-order valence-electron chi connectivity index (χ0n) is 11.6. The number of carbonyl (C=O) groups excluding carboxylic acids is 1. The molecule has 1 saturated carbocycles. The average molecular weight is 307 g/mol. The summed E-state index contributed by atoms with van der Waals surface area (Å²) >= 11 is 0. The number of nitrogens with two attached hydrogens (primary N) is 1. The van der Waals surface area contributed by atoms with Gasteiger partial charge in [0, 0.05) is 18.8 Å². The molecule has 0 saturated heterocycles. The molecule has 1 aromatic carbocycles. The molecule has 2 aromatic rings. The summed E-state index contributed by atoms with van der Waals surface area (Å²) in [5, 5.41) is 7.07. The minimum absolute atomic E-state index is 0. The summed E-state index contributed by atoms with van der Waals surface area (Å²) < 4.78 is 1.69. The average Bonchev–Trinajstić information content (AvgIpc) is 3.22. The van der Waals surface area contributed by atoms with Gasteiger partial charge in [0.2, 0.25) is 0 Å². The highest BCUT2D eigenvalue weighted by atomic mass is 35.5. The van der Waals surface area contributed by atoms with Crippen LogP contribution >= 0.6 is 12.4 Å². The summed E-state index contributed by atoms with van der Waals surface area (Å²) in [4.78, 5) is 12.0. The first-order chi connectivity index (χ1) is 9.74. The maximum Gasteiger partial charge on any atom is 0.254 e. The Morgan fingerprint density at radius 2 is 2.10 bits per heavy atom. The van der Waals surface area contributed by atoms with Crippen LogP contribution in [0.15, 0.2) is 42.7 Å². The largest absolute Gasteiger partial charge is 0.350 e. The van der Waals surface area contributed by atoms with Crippen LogP contribution < -0.4 is 11.1 Å². The molecule has 1 atom stereocenters. The van der Waals surface area contributed by atoms with Gasteiger partial charge in [-0.3, -0.25) is 4.79 Å². The lowest BCUT2D eigenvalue weighted by Gasteiger charge is -2.10. The van der Waals surface area contributed by atoms with Gasteiger partial charge in [-0.05, 0) is 30.9 Å². The molecule has 1 amide bonds. The first-order valence-electron chi connectivity index (χ1n) is 6.88. The molecule has 1 fully saturated rings. The summed E-state index contributed by atoms with van der Waals surface area (Å²) in [6, 6.07) is 9.77. The summed E-state index contributed by atoms with van der Waals surface area (Å²) in [5.41, 5.74) is 7.45. The van der Waals surface area contributed by atoms with E-state index in [4.69, 9.17) is 5.73 Å². The fourth-order valence-electron chi connectivity index (χ4n) is 2.17. The summed E-state index contributed by atoms with van der Waals surface area (Å²) in [6.07, 6.45) is 5.67. The van der Waals surface area contributed by atoms with Crippen molar-refractivity contribution < 1.29 is 4.79 Å². The number of nitrogens with one attached hydrogen (secondary N) is 1. The molecule has 1 aromatic heterocycles. The molecule has 1 aliphatic rings. The predicted molar refractivity (Wildman–Crippen MR) is 83.8 cm³/mol. The predicted octanol–water partition coefficient (Wildman–Crippen LogP) is 1.76. The Bertz CT molecular complexity index is 595. The number of nitrogens with zero attached hydrogens (tertiary/aromatic N) is 2. The second-order valence-corrected chi connectivity index (χ2v) is 5.22. The van der Waals surface area contributed by atoms with Crippen molar-refractivity contribution in [3.05, 3.63) is 48.3 Å². The maximum absolute atomic E-state index is 12.0. The smallest absolute Gasteiger partial charge is 0.254 e. The maximum atomic E-state index is 12.0. The van der Waals surface area contributed by atoms with Crippen LogP contribution in [0.4, 0.5) is 0 Å². The van der Waals surface area contributed by atoms with Crippen molar-refractivity contribution in [2.75, 3.05) is 6.54 Å². The minimum atomic E-state index is -0.122. The van der Waals surface area contributed by atoms with Crippen LogP contribution in [0.2, 0.25) is 0 Å². The molecule has 0 spiro atoms. The third-order valence-electron chi connectivity index (χ3n) is 3.59. The second kappa shape index (κ2) is 6.74. The summed E-state index contributed by atoms with van der Waals surface area (Å²) in [5.74, 6) is 0.464. The molecule has 3 N–H and O–H groups in total. The number of hydrogen-bond acceptors (Lipinski definition) is 3. The number of aromatic nitrogens is 2. The summed E-state index contributed by atoms with van der Waals surface area (Å²) in [6.45, 7) is 0.528. The van der Waals surface area contributed by atoms with Crippen molar-refractivity contribution in [3.63, 3.8) is 0 Å². The number of halogens is 1. The second-order valence-electron chi connectivity index (χ2n) is 5.22. The fourth-order valence-corrected chi connectivity index (χ4v) is 2.17. The fraction of sp³-hybridized carbons (Fsp3) is 0.333. The van der Waals surface area contributed by atoms with Crippen molar-refractivity contribution in [1.29, 1.82) is 0 Å². The van der Waals surface area contributed by atoms with Gasteiger partial charge in [-0.1, -0.05) is 18.2 Å². The lowest BCUT2D eigenvalue weighted by atomic mass is 10.2. The van der Waals surface area contributed by atoms with Crippen molar-refractivity contribution in [3.8, 4) is 5.69 Å². The lowest BCUT2D eigenvalue weighted by molar-refractivity contribution is 0.0950. The number of para-hydroxylation sites is 1. The lowest BCUT2D eigenvalue weighted by Crippen LogP contribution is -2.38. The van der Waals surface area contributed by atoms with Gasteiger partial charge >= 0.3 is 0 Å². The van der Waals surface area contributed by atoms with Gasteiger partial charge < -0.3 is 11.1 Å². The number of carbonyl (C=O) groups is 1. The van der Waals surface area contributed by atoms with Gasteiger partial charge in [0.25, 0.3) is 5.91 Å². The van der Waals surface area contributed by atoms with Gasteiger partial charge in [-0.15, -0.1) is 12.4 Å². The van der Waals surface area contributed by atoms with E-state index in [-0.39, 0.29) is 24.4 Å². The molecule has 1 unspecified atom stereocenters. The van der Waals surface area contributed by atoms with Crippen LogP contribution in [0.3, 0.4) is 0 Å². The molecule has 112 valence electrons. The van der Waals surface area contributed by atoms with Crippen molar-refractivity contribution >= 4 is 18.3 Å². The van der Waals surface area contributed by atoms with Gasteiger partial charge in [0.15, 0.2) is 0 Å². The van der Waals surface area contributed by atoms with E-state index in [0.29, 0.717) is 18.0 Å². The molecule has 0 radical (unpaired) electrons. The third-order valence-corrected chi connectivity index (χ3v) is 3.59. The van der Waals surface area contributed by atoms with Crippen LogP contribution in [0, 0.1) is 5.92 Å². The van der Waals surface area contributed by atoms with Crippen LogP contribution in [0.1, 0.15) is 23.2 Å². The standard InChI is InChI=1S/C15H18N4O.ClH/c16-14(11-6-7-11)9-17-15(20)12-8-18-19(10-12)13-4-2-1-3-5-13;/h1-5,8,10-11,14H,6-7,9,16H2,(H,17,20);1H. The van der Waals surface area contributed by atoms with Crippen LogP contribution in [0.5, 0.6) is 0 Å². The highest BCUT2D eigenvalue weighted by Gasteiger charge is 2.28. The van der Waals surface area contributed by atoms with E-state index < -0.39 is 0 Å². The van der Waals surface area contributed by atoms with Crippen LogP contribution in [-0.4, -0.2) is 28.3 Å². The molecular weight excluding hydrogens is 288 g/mol. The van der Waals surface area contributed by atoms with E-state index in [1.54, 1.807) is 17.1 Å². The normalized spacial score (nSPS) is 15.1. The van der Waals surface area contributed by atoms with Crippen molar-refractivity contribution in [2.45, 2.75) is 18.9 Å². The zero-order chi connectivity index (χ0) is 13.9. The van der Waals surface area contributed by atoms with E-state index in [0.717, 1.165) is 5.69 Å². The molecule has 0 aliphatic heterocycles. The van der Waals surface area contributed by atoms with E-state index >= 15 is 0 Å². The molecule has 1 heterocycles. The Morgan fingerprint density at radius 3 is 2.76 bits per heavy atom. The first kappa shape index (κ1) is 15.5. The molecule has 6 heteroatoms. The first-order valence-corrected chi connectivity index (χ1v) is 6.88. The van der Waals surface area contributed by atoms with Crippen LogP contribution in [-0.2, 0) is 0 Å². The van der Waals surface area contributed by atoms with E-state index in [1.807, 2.05) is 30.3 Å². The van der Waals surface area contributed by atoms with E-state index in [1.165, 1.54) is 12.8 Å². The zero-order valence-corrected chi connectivity index (χ0v) is 12.4. The number of amides is 1. The molecule has 3 rings (SSSR count). The third kappa shape index (κ3) is 3.83. The van der Waals surface area contributed by atoms with Crippen molar-refractivity contribution in [1.82, 2.24) is 15.1 Å². The number of rotatable bonds is 5. The number of benzene rings is 1. The van der Waals surface area contributed by atoms with Crippen LogP contribution in [0.25, 0.3) is 5.69 Å². The van der Waals surface area contributed by atoms with Gasteiger partial charge in [0.05, 0.1) is 17.4 Å². The quantitative estimate of drug-likeness (QED) is 0.884. The van der Waals surface area contributed by atoms with E-state index in [9.17, 15) is 4.79 Å². The topological polar surface area (TPSA) is 72.9 Å². The Kier molecular flexibility index (Phi) is 4.98. The molecule has 21 heavy (non-hydrogen) atoms. The van der Waals surface area contributed by atoms with Gasteiger partial charge in [-0.25, -0.2) is 4.68 Å². The molecule has 0 bridgehead atoms. The molecule has 1 aliphatic carbocycles. The monoisotopic (exact) mass is 306 g/mol. The Morgan fingerprint density at radius 1 is 1.38 bits per heavy atom. The highest BCUT2D eigenvalue weighted by molar-refractivity contribution is 5.93. The Hall–Kier alpha value is -1.85. The number of hydrogen-bond donors (Lipinski definition) is 2. The van der Waals surface area contributed by atoms with E-state index in [2.05, 4.69) is 10.4 Å². The van der Waals surface area contributed by atoms with Gasteiger partial charge in [-0.2, -0.15) is 5.10 Å². The van der Waals surface area contributed by atoms with Gasteiger partial charge in [0.1, 0.15) is 0 Å². The molecule has 5 nitrogen and oxygen atoms in total. The van der Waals surface area contributed by atoms with Crippen molar-refractivity contribution in [2.24, 2.45) is 11.7 Å². The Balaban J connectivity index is 0.00000161.